The maximum absolute atomic E-state index is 11.0. The fourth-order valence-electron chi connectivity index (χ4n) is 1.82. The van der Waals surface area contributed by atoms with Crippen molar-refractivity contribution in [1.82, 2.24) is 0 Å². The Bertz CT molecular complexity index is 671. The Morgan fingerprint density at radius 1 is 1.40 bits per heavy atom. The fraction of sp³-hybridized carbons (Fsp3) is 0.200. The first-order valence-corrected chi connectivity index (χ1v) is 7.94. The van der Waals surface area contributed by atoms with E-state index < -0.39 is 5.97 Å². The van der Waals surface area contributed by atoms with E-state index in [9.17, 15) is 9.59 Å². The van der Waals surface area contributed by atoms with Crippen LogP contribution in [0.2, 0.25) is 0 Å². The highest BCUT2D eigenvalue weighted by Crippen LogP contribution is 2.29. The van der Waals surface area contributed by atoms with Crippen molar-refractivity contribution in [2.45, 2.75) is 13.3 Å². The number of aromatic carboxylic acids is 1. The molecule has 0 amide bonds. The van der Waals surface area contributed by atoms with E-state index in [-0.39, 0.29) is 5.12 Å². The van der Waals surface area contributed by atoms with Gasteiger partial charge in [0.15, 0.2) is 5.12 Å². The van der Waals surface area contributed by atoms with Gasteiger partial charge in [-0.05, 0) is 24.1 Å². The van der Waals surface area contributed by atoms with Crippen LogP contribution >= 0.6 is 23.1 Å². The molecule has 0 unspecified atom stereocenters. The minimum atomic E-state index is -0.890. The molecule has 1 aromatic carbocycles. The molecule has 0 aliphatic heterocycles. The third kappa shape index (κ3) is 3.71. The number of carboxylic acids is 1. The third-order valence-corrected chi connectivity index (χ3v) is 4.63. The molecule has 0 spiro atoms. The van der Waals surface area contributed by atoms with Gasteiger partial charge in [-0.15, -0.1) is 11.3 Å². The first-order valence-electron chi connectivity index (χ1n) is 6.13. The number of fused-ring (bicyclic) bond motifs is 1. The highest BCUT2D eigenvalue weighted by atomic mass is 32.2. The number of hydrogen-bond donors (Lipinski definition) is 1. The number of carboxylic acid groups (broad SMARTS) is 1. The van der Waals surface area contributed by atoms with Crippen molar-refractivity contribution >= 4 is 50.3 Å². The van der Waals surface area contributed by atoms with Crippen molar-refractivity contribution in [3.05, 3.63) is 40.8 Å². The molecule has 0 aliphatic carbocycles. The predicted octanol–water partition coefficient (Wildman–Crippen LogP) is 4.28. The van der Waals surface area contributed by atoms with Gasteiger partial charge in [-0.2, -0.15) is 0 Å². The molecule has 0 radical (unpaired) electrons. The van der Waals surface area contributed by atoms with E-state index in [1.54, 1.807) is 13.0 Å². The molecule has 1 heterocycles. The largest absolute Gasteiger partial charge is 0.477 e. The molecule has 20 heavy (non-hydrogen) atoms. The van der Waals surface area contributed by atoms with Crippen molar-refractivity contribution in [3.8, 4) is 0 Å². The molecule has 2 aromatic rings. The van der Waals surface area contributed by atoms with Gasteiger partial charge in [0.1, 0.15) is 4.88 Å². The fourth-order valence-corrected chi connectivity index (χ4v) is 3.29. The van der Waals surface area contributed by atoms with Crippen molar-refractivity contribution < 1.29 is 14.7 Å². The molecule has 1 N–H and O–H groups in total. The van der Waals surface area contributed by atoms with Gasteiger partial charge in [-0.25, -0.2) is 4.79 Å². The summed E-state index contributed by atoms with van der Waals surface area (Å²) in [4.78, 5) is 22.2. The van der Waals surface area contributed by atoms with E-state index in [4.69, 9.17) is 5.11 Å². The van der Waals surface area contributed by atoms with Crippen LogP contribution < -0.4 is 0 Å². The summed E-state index contributed by atoms with van der Waals surface area (Å²) in [6, 6.07) is 7.53. The molecule has 3 nitrogen and oxygen atoms in total. The van der Waals surface area contributed by atoms with E-state index in [0.717, 1.165) is 27.8 Å². The zero-order chi connectivity index (χ0) is 14.5. The SMILES string of the molecule is CC(=O)SCCC=Cc1cccc2sc(C(=O)O)cc12. The van der Waals surface area contributed by atoms with Gasteiger partial charge >= 0.3 is 5.97 Å². The Morgan fingerprint density at radius 3 is 2.90 bits per heavy atom. The van der Waals surface area contributed by atoms with Crippen LogP contribution in [0.25, 0.3) is 16.2 Å². The Labute approximate surface area is 125 Å². The van der Waals surface area contributed by atoms with Crippen LogP contribution in [0.5, 0.6) is 0 Å². The number of carbonyl (C=O) groups excluding carboxylic acids is 1. The summed E-state index contributed by atoms with van der Waals surface area (Å²) in [5, 5.41) is 10.1. The lowest BCUT2D eigenvalue weighted by atomic mass is 10.1. The van der Waals surface area contributed by atoms with Gasteiger partial charge in [0, 0.05) is 22.8 Å². The second-order valence-corrected chi connectivity index (χ2v) is 6.56. The highest BCUT2D eigenvalue weighted by molar-refractivity contribution is 8.13. The lowest BCUT2D eigenvalue weighted by molar-refractivity contribution is -0.109. The van der Waals surface area contributed by atoms with Crippen LogP contribution in [0.15, 0.2) is 30.3 Å². The molecule has 0 fully saturated rings. The van der Waals surface area contributed by atoms with Crippen LogP contribution in [0, 0.1) is 0 Å². The maximum Gasteiger partial charge on any atom is 0.345 e. The first-order chi connectivity index (χ1) is 9.58. The number of thiophene rings is 1. The van der Waals surface area contributed by atoms with Crippen LogP contribution in [-0.4, -0.2) is 21.9 Å². The molecule has 0 bridgehead atoms. The standard InChI is InChI=1S/C15H14O3S2/c1-10(16)19-8-3-2-5-11-6-4-7-13-12(11)9-14(20-13)15(17)18/h2,4-7,9H,3,8H2,1H3,(H,17,18). The molecule has 1 aromatic heterocycles. The van der Waals surface area contributed by atoms with E-state index >= 15 is 0 Å². The minimum Gasteiger partial charge on any atom is -0.477 e. The average Bonchev–Trinajstić information content (AvgIpc) is 2.83. The molecular formula is C15H14O3S2. The van der Waals surface area contributed by atoms with Gasteiger partial charge in [0.05, 0.1) is 0 Å². The second-order valence-electron chi connectivity index (χ2n) is 4.21. The van der Waals surface area contributed by atoms with Crippen LogP contribution in [-0.2, 0) is 4.79 Å². The summed E-state index contributed by atoms with van der Waals surface area (Å²) in [6.07, 6.45) is 4.82. The number of allylic oxidation sites excluding steroid dienone is 1. The first kappa shape index (κ1) is 14.8. The maximum atomic E-state index is 11.0. The third-order valence-electron chi connectivity index (χ3n) is 2.69. The van der Waals surface area contributed by atoms with Crippen LogP contribution in [0.4, 0.5) is 0 Å². The Balaban J connectivity index is 2.15. The number of rotatable bonds is 5. The van der Waals surface area contributed by atoms with E-state index in [1.165, 1.54) is 23.1 Å². The summed E-state index contributed by atoms with van der Waals surface area (Å²) < 4.78 is 0.975. The topological polar surface area (TPSA) is 54.4 Å². The summed E-state index contributed by atoms with van der Waals surface area (Å²) in [6.45, 7) is 1.56. The molecule has 0 atom stereocenters. The zero-order valence-corrected chi connectivity index (χ0v) is 12.6. The number of benzene rings is 1. The summed E-state index contributed by atoms with van der Waals surface area (Å²) >= 11 is 2.60. The molecule has 104 valence electrons. The molecule has 2 rings (SSSR count). The normalized spacial score (nSPS) is 11.2. The van der Waals surface area contributed by atoms with Gasteiger partial charge < -0.3 is 5.11 Å². The molecular weight excluding hydrogens is 292 g/mol. The van der Waals surface area contributed by atoms with E-state index in [2.05, 4.69) is 0 Å². The van der Waals surface area contributed by atoms with E-state index in [0.29, 0.717) is 4.88 Å². The van der Waals surface area contributed by atoms with Crippen LogP contribution in [0.1, 0.15) is 28.6 Å². The predicted molar refractivity (Wildman–Crippen MR) is 85.6 cm³/mol. The van der Waals surface area contributed by atoms with Crippen molar-refractivity contribution in [2.24, 2.45) is 0 Å². The van der Waals surface area contributed by atoms with Crippen molar-refractivity contribution in [1.29, 1.82) is 0 Å². The van der Waals surface area contributed by atoms with Gasteiger partial charge in [0.2, 0.25) is 0 Å². The zero-order valence-electron chi connectivity index (χ0n) is 11.0. The summed E-state index contributed by atoms with van der Waals surface area (Å²) in [5.41, 5.74) is 1.01. The van der Waals surface area contributed by atoms with Gasteiger partial charge in [-0.1, -0.05) is 36.0 Å². The highest BCUT2D eigenvalue weighted by Gasteiger charge is 2.09. The van der Waals surface area contributed by atoms with Crippen molar-refractivity contribution in [3.63, 3.8) is 0 Å². The number of hydrogen-bond acceptors (Lipinski definition) is 4. The Kier molecular flexibility index (Phi) is 4.98. The van der Waals surface area contributed by atoms with E-state index in [1.807, 2.05) is 30.4 Å². The average molecular weight is 306 g/mol. The molecule has 0 aliphatic rings. The number of carbonyl (C=O) groups is 2. The van der Waals surface area contributed by atoms with Gasteiger partial charge in [-0.3, -0.25) is 4.79 Å². The molecule has 5 heteroatoms. The quantitative estimate of drug-likeness (QED) is 0.838. The molecule has 0 saturated carbocycles. The lowest BCUT2D eigenvalue weighted by Crippen LogP contribution is -1.89. The van der Waals surface area contributed by atoms with Gasteiger partial charge in [0.25, 0.3) is 0 Å². The minimum absolute atomic E-state index is 0.129. The van der Waals surface area contributed by atoms with Crippen molar-refractivity contribution in [2.75, 3.05) is 5.75 Å². The monoisotopic (exact) mass is 306 g/mol. The molecule has 0 saturated heterocycles. The Hall–Kier alpha value is -1.59. The Morgan fingerprint density at radius 2 is 2.20 bits per heavy atom. The summed E-state index contributed by atoms with van der Waals surface area (Å²) in [5.74, 6) is -0.120. The number of thioether (sulfide) groups is 1. The second kappa shape index (κ2) is 6.72. The smallest absolute Gasteiger partial charge is 0.345 e. The lowest BCUT2D eigenvalue weighted by Gasteiger charge is -1.96. The van der Waals surface area contributed by atoms with Crippen LogP contribution in [0.3, 0.4) is 0 Å². The summed E-state index contributed by atoms with van der Waals surface area (Å²) in [7, 11) is 0.